The van der Waals surface area contributed by atoms with E-state index >= 15 is 0 Å². The van der Waals surface area contributed by atoms with E-state index in [0.29, 0.717) is 17.1 Å². The fourth-order valence-electron chi connectivity index (χ4n) is 3.39. The molecule has 0 unspecified atom stereocenters. The van der Waals surface area contributed by atoms with Crippen molar-refractivity contribution < 1.29 is 17.9 Å². The number of carbonyl (C=O) groups is 1. The highest BCUT2D eigenvalue weighted by molar-refractivity contribution is 7.92. The first kappa shape index (κ1) is 20.0. The minimum atomic E-state index is -3.86. The Morgan fingerprint density at radius 3 is 2.43 bits per heavy atom. The molecule has 3 aromatic rings. The molecular formula is C23H22N2O4S. The maximum Gasteiger partial charge on any atom is 0.267 e. The second-order valence-electron chi connectivity index (χ2n) is 7.16. The third-order valence-electron chi connectivity index (χ3n) is 5.22. The second-order valence-corrected chi connectivity index (χ2v) is 9.02. The normalized spacial score (nSPS) is 15.8. The van der Waals surface area contributed by atoms with E-state index in [4.69, 9.17) is 4.74 Å². The smallest absolute Gasteiger partial charge is 0.267 e. The molecule has 154 valence electrons. The van der Waals surface area contributed by atoms with Gasteiger partial charge in [0.05, 0.1) is 17.1 Å². The summed E-state index contributed by atoms with van der Waals surface area (Å²) < 4.78 is 33.8. The average Bonchev–Trinajstić information content (AvgIpc) is 2.76. The molecule has 0 bridgehead atoms. The maximum absolute atomic E-state index is 13.3. The second kappa shape index (κ2) is 7.84. The van der Waals surface area contributed by atoms with Crippen LogP contribution in [0, 0.1) is 13.8 Å². The van der Waals surface area contributed by atoms with Crippen molar-refractivity contribution in [3.05, 3.63) is 83.9 Å². The number of carbonyl (C=O) groups excluding carboxylic acids is 1. The topological polar surface area (TPSA) is 75.7 Å². The molecule has 1 amide bonds. The lowest BCUT2D eigenvalue weighted by molar-refractivity contribution is -0.122. The number of rotatable bonds is 4. The van der Waals surface area contributed by atoms with Gasteiger partial charge >= 0.3 is 0 Å². The summed E-state index contributed by atoms with van der Waals surface area (Å²) in [6, 6.07) is 20.7. The van der Waals surface area contributed by atoms with Gasteiger partial charge in [-0.25, -0.2) is 8.42 Å². The molecule has 7 heteroatoms. The molecule has 30 heavy (non-hydrogen) atoms. The molecule has 0 radical (unpaired) electrons. The number of amides is 1. The molecule has 6 nitrogen and oxygen atoms in total. The number of sulfonamides is 1. The van der Waals surface area contributed by atoms with Gasteiger partial charge in [0.1, 0.15) is 5.75 Å². The van der Waals surface area contributed by atoms with Crippen LogP contribution in [0.3, 0.4) is 0 Å². The molecule has 0 saturated carbocycles. The van der Waals surface area contributed by atoms with E-state index in [-0.39, 0.29) is 11.4 Å². The summed E-state index contributed by atoms with van der Waals surface area (Å²) in [6.45, 7) is 3.77. The first-order valence-electron chi connectivity index (χ1n) is 9.58. The number of benzene rings is 3. The lowest BCUT2D eigenvalue weighted by Crippen LogP contribution is -2.48. The van der Waals surface area contributed by atoms with Gasteiger partial charge in [-0.3, -0.25) is 9.10 Å². The van der Waals surface area contributed by atoms with E-state index in [1.165, 1.54) is 4.31 Å². The molecule has 0 aromatic heterocycles. The van der Waals surface area contributed by atoms with Crippen molar-refractivity contribution >= 4 is 27.3 Å². The molecule has 0 spiro atoms. The van der Waals surface area contributed by atoms with Crippen LogP contribution in [-0.2, 0) is 14.8 Å². The van der Waals surface area contributed by atoms with Crippen molar-refractivity contribution in [2.45, 2.75) is 24.8 Å². The van der Waals surface area contributed by atoms with Gasteiger partial charge in [0.15, 0.2) is 6.10 Å². The Bertz CT molecular complexity index is 1190. The van der Waals surface area contributed by atoms with Crippen LogP contribution in [-0.4, -0.2) is 27.0 Å². The predicted octanol–water partition coefficient (Wildman–Crippen LogP) is 3.90. The van der Waals surface area contributed by atoms with Crippen LogP contribution in [0.15, 0.2) is 77.7 Å². The third-order valence-corrected chi connectivity index (χ3v) is 7.01. The lowest BCUT2D eigenvalue weighted by atomic mass is 10.1. The highest BCUT2D eigenvalue weighted by Gasteiger charge is 2.37. The van der Waals surface area contributed by atoms with Crippen LogP contribution in [0.5, 0.6) is 5.75 Å². The zero-order chi connectivity index (χ0) is 21.3. The quantitative estimate of drug-likeness (QED) is 0.692. The number of para-hydroxylation sites is 2. The fourth-order valence-corrected chi connectivity index (χ4v) is 4.88. The van der Waals surface area contributed by atoms with Crippen LogP contribution in [0.2, 0.25) is 0 Å². The number of nitrogens with zero attached hydrogens (tertiary/aromatic N) is 1. The predicted molar refractivity (Wildman–Crippen MR) is 116 cm³/mol. The summed E-state index contributed by atoms with van der Waals surface area (Å²) in [4.78, 5) is 13.2. The van der Waals surface area contributed by atoms with Crippen molar-refractivity contribution in [1.82, 2.24) is 0 Å². The summed E-state index contributed by atoms with van der Waals surface area (Å²) in [5, 5.41) is 2.88. The summed E-state index contributed by atoms with van der Waals surface area (Å²) in [5.41, 5.74) is 3.10. The molecule has 1 N–H and O–H groups in total. The van der Waals surface area contributed by atoms with Crippen LogP contribution in [0.4, 0.5) is 11.4 Å². The van der Waals surface area contributed by atoms with Crippen molar-refractivity contribution in [2.75, 3.05) is 16.2 Å². The van der Waals surface area contributed by atoms with Gasteiger partial charge in [0.25, 0.3) is 15.9 Å². The Labute approximate surface area is 176 Å². The van der Waals surface area contributed by atoms with Gasteiger partial charge < -0.3 is 10.1 Å². The van der Waals surface area contributed by atoms with Crippen LogP contribution in [0.25, 0.3) is 0 Å². The standard InChI is InChI=1S/C23H22N2O4S/c1-16-9-8-12-19(17(16)2)24-23(26)22-15-25(20-13-6-7-14-21(20)29-22)30(27,28)18-10-4-3-5-11-18/h3-14,22H,15H2,1-2H3,(H,24,26)/t22-/m0/s1. The van der Waals surface area contributed by atoms with Gasteiger partial charge in [-0.05, 0) is 55.3 Å². The number of nitrogens with one attached hydrogen (secondary N) is 1. The summed E-state index contributed by atoms with van der Waals surface area (Å²) in [7, 11) is -3.86. The Morgan fingerprint density at radius 1 is 0.967 bits per heavy atom. The van der Waals surface area contributed by atoms with Gasteiger partial charge in [0, 0.05) is 5.69 Å². The Kier molecular flexibility index (Phi) is 5.22. The van der Waals surface area contributed by atoms with Crippen molar-refractivity contribution in [3.63, 3.8) is 0 Å². The molecule has 1 atom stereocenters. The number of aryl methyl sites for hydroxylation is 1. The third kappa shape index (κ3) is 3.64. The molecular weight excluding hydrogens is 400 g/mol. The number of hydrogen-bond acceptors (Lipinski definition) is 4. The molecule has 0 fully saturated rings. The van der Waals surface area contributed by atoms with Crippen LogP contribution in [0.1, 0.15) is 11.1 Å². The summed E-state index contributed by atoms with van der Waals surface area (Å²) >= 11 is 0. The highest BCUT2D eigenvalue weighted by Crippen LogP contribution is 2.37. The number of fused-ring (bicyclic) bond motifs is 1. The zero-order valence-electron chi connectivity index (χ0n) is 16.7. The van der Waals surface area contributed by atoms with Gasteiger partial charge in [0.2, 0.25) is 0 Å². The zero-order valence-corrected chi connectivity index (χ0v) is 17.5. The SMILES string of the molecule is Cc1cccc(NC(=O)[C@@H]2CN(S(=O)(=O)c3ccccc3)c3ccccc3O2)c1C. The lowest BCUT2D eigenvalue weighted by Gasteiger charge is -2.34. The Balaban J connectivity index is 1.68. The molecule has 1 aliphatic heterocycles. The Hall–Kier alpha value is -3.32. The first-order chi connectivity index (χ1) is 14.4. The largest absolute Gasteiger partial charge is 0.476 e. The minimum absolute atomic E-state index is 0.120. The maximum atomic E-state index is 13.3. The molecule has 3 aromatic carbocycles. The van der Waals surface area contributed by atoms with Crippen molar-refractivity contribution in [3.8, 4) is 5.75 Å². The van der Waals surface area contributed by atoms with Crippen molar-refractivity contribution in [2.24, 2.45) is 0 Å². The monoisotopic (exact) mass is 422 g/mol. The van der Waals surface area contributed by atoms with Gasteiger partial charge in [-0.15, -0.1) is 0 Å². The van der Waals surface area contributed by atoms with Crippen LogP contribution < -0.4 is 14.4 Å². The van der Waals surface area contributed by atoms with E-state index in [1.807, 2.05) is 32.0 Å². The van der Waals surface area contributed by atoms with Gasteiger partial charge in [-0.1, -0.05) is 42.5 Å². The number of hydrogen-bond donors (Lipinski definition) is 1. The summed E-state index contributed by atoms with van der Waals surface area (Å²) in [5.74, 6) is -0.0455. The van der Waals surface area contributed by atoms with E-state index in [2.05, 4.69) is 5.32 Å². The molecule has 1 aliphatic rings. The Morgan fingerprint density at radius 2 is 1.67 bits per heavy atom. The molecule has 1 heterocycles. The highest BCUT2D eigenvalue weighted by atomic mass is 32.2. The van der Waals surface area contributed by atoms with E-state index < -0.39 is 22.0 Å². The van der Waals surface area contributed by atoms with Gasteiger partial charge in [-0.2, -0.15) is 0 Å². The van der Waals surface area contributed by atoms with E-state index in [0.717, 1.165) is 11.1 Å². The minimum Gasteiger partial charge on any atom is -0.476 e. The summed E-state index contributed by atoms with van der Waals surface area (Å²) in [6.07, 6.45) is -0.988. The molecule has 0 saturated heterocycles. The average molecular weight is 423 g/mol. The number of ether oxygens (including phenoxy) is 1. The fraction of sp³-hybridized carbons (Fsp3) is 0.174. The molecule has 4 rings (SSSR count). The number of anilines is 2. The first-order valence-corrected chi connectivity index (χ1v) is 11.0. The van der Waals surface area contributed by atoms with Crippen molar-refractivity contribution in [1.29, 1.82) is 0 Å². The van der Waals surface area contributed by atoms with Crippen LogP contribution >= 0.6 is 0 Å². The molecule has 0 aliphatic carbocycles. The van der Waals surface area contributed by atoms with E-state index in [1.54, 1.807) is 54.6 Å². The van der Waals surface area contributed by atoms with E-state index in [9.17, 15) is 13.2 Å².